The van der Waals surface area contributed by atoms with E-state index in [9.17, 15) is 5.11 Å². The van der Waals surface area contributed by atoms with Crippen molar-refractivity contribution in [3.63, 3.8) is 0 Å². The maximum Gasteiger partial charge on any atom is 0.258 e. The lowest BCUT2D eigenvalue weighted by molar-refractivity contribution is 0.308. The molecule has 1 aliphatic rings. The highest BCUT2D eigenvalue weighted by molar-refractivity contribution is 5.60. The molecule has 0 bridgehead atoms. The lowest BCUT2D eigenvalue weighted by Gasteiger charge is -2.28. The van der Waals surface area contributed by atoms with Crippen molar-refractivity contribution in [2.45, 2.75) is 51.4 Å². The van der Waals surface area contributed by atoms with Gasteiger partial charge in [-0.2, -0.15) is 4.98 Å². The van der Waals surface area contributed by atoms with Crippen LogP contribution in [0.4, 0.5) is 0 Å². The third kappa shape index (κ3) is 4.05. The summed E-state index contributed by atoms with van der Waals surface area (Å²) in [6, 6.07) is 15.4. The first-order valence-corrected chi connectivity index (χ1v) is 9.96. The summed E-state index contributed by atoms with van der Waals surface area (Å²) >= 11 is 0. The summed E-state index contributed by atoms with van der Waals surface area (Å²) in [5.74, 6) is 2.89. The van der Waals surface area contributed by atoms with Gasteiger partial charge < -0.3 is 9.63 Å². The van der Waals surface area contributed by atoms with Crippen LogP contribution in [0.2, 0.25) is 0 Å². The van der Waals surface area contributed by atoms with Gasteiger partial charge >= 0.3 is 0 Å². The van der Waals surface area contributed by atoms with Gasteiger partial charge in [-0.3, -0.25) is 0 Å². The third-order valence-electron chi connectivity index (χ3n) is 5.72. The predicted molar refractivity (Wildman–Crippen MR) is 106 cm³/mol. The molecule has 27 heavy (non-hydrogen) atoms. The van der Waals surface area contributed by atoms with Crippen LogP contribution >= 0.6 is 0 Å². The fourth-order valence-electron chi connectivity index (χ4n) is 4.16. The Morgan fingerprint density at radius 2 is 1.59 bits per heavy atom. The van der Waals surface area contributed by atoms with E-state index in [2.05, 4.69) is 41.3 Å². The van der Waals surface area contributed by atoms with E-state index in [-0.39, 0.29) is 5.75 Å². The standard InChI is InChI=1S/C23H26N2O2/c1-2-3-16-4-6-17(7-5-16)18-8-10-20(11-9-18)23-24-22(25-27-23)19-12-14-21(26)15-13-19/h8-17,26H,2-7H2,1H3. The molecule has 1 fully saturated rings. The second-order valence-corrected chi connectivity index (χ2v) is 7.60. The number of rotatable bonds is 5. The molecule has 4 nitrogen and oxygen atoms in total. The van der Waals surface area contributed by atoms with Crippen LogP contribution in [0.5, 0.6) is 5.75 Å². The maximum atomic E-state index is 9.40. The van der Waals surface area contributed by atoms with E-state index in [0.29, 0.717) is 17.6 Å². The molecule has 1 saturated carbocycles. The van der Waals surface area contributed by atoms with E-state index >= 15 is 0 Å². The zero-order chi connectivity index (χ0) is 18.6. The molecule has 2 aromatic carbocycles. The molecule has 140 valence electrons. The van der Waals surface area contributed by atoms with Crippen molar-refractivity contribution in [3.8, 4) is 28.6 Å². The van der Waals surface area contributed by atoms with Gasteiger partial charge in [0.05, 0.1) is 0 Å². The van der Waals surface area contributed by atoms with E-state index in [1.807, 2.05) is 0 Å². The molecule has 4 rings (SSSR count). The van der Waals surface area contributed by atoms with Gasteiger partial charge in [-0.25, -0.2) is 0 Å². The van der Waals surface area contributed by atoms with E-state index in [1.165, 1.54) is 44.1 Å². The Hall–Kier alpha value is -2.62. The van der Waals surface area contributed by atoms with Gasteiger partial charge in [0, 0.05) is 11.1 Å². The third-order valence-corrected chi connectivity index (χ3v) is 5.72. The van der Waals surface area contributed by atoms with Crippen molar-refractivity contribution in [3.05, 3.63) is 54.1 Å². The van der Waals surface area contributed by atoms with Gasteiger partial charge in [0.2, 0.25) is 5.82 Å². The summed E-state index contributed by atoms with van der Waals surface area (Å²) in [4.78, 5) is 4.49. The zero-order valence-corrected chi connectivity index (χ0v) is 15.8. The second-order valence-electron chi connectivity index (χ2n) is 7.60. The molecule has 1 N–H and O–H groups in total. The average molecular weight is 362 g/mol. The van der Waals surface area contributed by atoms with Crippen LogP contribution in [-0.2, 0) is 0 Å². The number of hydrogen-bond donors (Lipinski definition) is 1. The number of phenolic OH excluding ortho intramolecular Hbond substituents is 1. The van der Waals surface area contributed by atoms with Gasteiger partial charge in [-0.05, 0) is 79.5 Å². The second kappa shape index (κ2) is 7.95. The summed E-state index contributed by atoms with van der Waals surface area (Å²) in [5, 5.41) is 13.5. The summed E-state index contributed by atoms with van der Waals surface area (Å²) in [6.07, 6.45) is 8.01. The highest BCUT2D eigenvalue weighted by Gasteiger charge is 2.22. The first kappa shape index (κ1) is 17.8. The summed E-state index contributed by atoms with van der Waals surface area (Å²) < 4.78 is 5.44. The summed E-state index contributed by atoms with van der Waals surface area (Å²) in [7, 11) is 0. The van der Waals surface area contributed by atoms with Crippen LogP contribution in [0.15, 0.2) is 53.1 Å². The van der Waals surface area contributed by atoms with E-state index in [0.717, 1.165) is 17.0 Å². The SMILES string of the molecule is CCCC1CCC(c2ccc(-c3nc(-c4ccc(O)cc4)no3)cc2)CC1. The number of nitrogens with zero attached hydrogens (tertiary/aromatic N) is 2. The number of hydrogen-bond acceptors (Lipinski definition) is 4. The molecule has 0 spiro atoms. The van der Waals surface area contributed by atoms with Gasteiger partial charge in [0.1, 0.15) is 5.75 Å². The van der Waals surface area contributed by atoms with E-state index in [4.69, 9.17) is 4.52 Å². The fraction of sp³-hybridized carbons (Fsp3) is 0.391. The van der Waals surface area contributed by atoms with E-state index in [1.54, 1.807) is 24.3 Å². The van der Waals surface area contributed by atoms with E-state index < -0.39 is 0 Å². The van der Waals surface area contributed by atoms with Crippen LogP contribution in [0, 0.1) is 5.92 Å². The molecule has 3 aromatic rings. The Labute approximate surface area is 160 Å². The zero-order valence-electron chi connectivity index (χ0n) is 15.8. The monoisotopic (exact) mass is 362 g/mol. The highest BCUT2D eigenvalue weighted by atomic mass is 16.5. The molecule has 4 heteroatoms. The van der Waals surface area contributed by atoms with Crippen LogP contribution in [-0.4, -0.2) is 15.2 Å². The molecule has 1 aromatic heterocycles. The molecular formula is C23H26N2O2. The maximum absolute atomic E-state index is 9.40. The molecule has 1 heterocycles. The fourth-order valence-corrected chi connectivity index (χ4v) is 4.16. The van der Waals surface area contributed by atoms with Gasteiger partial charge in [-0.1, -0.05) is 37.1 Å². The molecule has 0 atom stereocenters. The minimum Gasteiger partial charge on any atom is -0.508 e. The van der Waals surface area contributed by atoms with Gasteiger partial charge in [0.25, 0.3) is 5.89 Å². The van der Waals surface area contributed by atoms with Crippen molar-refractivity contribution in [2.24, 2.45) is 5.92 Å². The molecule has 0 radical (unpaired) electrons. The molecular weight excluding hydrogens is 336 g/mol. The molecule has 1 aliphatic carbocycles. The van der Waals surface area contributed by atoms with Crippen LogP contribution in [0.3, 0.4) is 0 Å². The number of aromatic nitrogens is 2. The van der Waals surface area contributed by atoms with Crippen LogP contribution in [0.1, 0.15) is 56.9 Å². The average Bonchev–Trinajstić information content (AvgIpc) is 3.20. The van der Waals surface area contributed by atoms with Crippen LogP contribution in [0.25, 0.3) is 22.8 Å². The Bertz CT molecular complexity index is 860. The minimum atomic E-state index is 0.224. The van der Waals surface area contributed by atoms with Crippen molar-refractivity contribution >= 4 is 0 Å². The first-order chi connectivity index (χ1) is 13.2. The largest absolute Gasteiger partial charge is 0.508 e. The minimum absolute atomic E-state index is 0.224. The van der Waals surface area contributed by atoms with Gasteiger partial charge in [0.15, 0.2) is 0 Å². The lowest BCUT2D eigenvalue weighted by atomic mass is 9.77. The quantitative estimate of drug-likeness (QED) is 0.588. The first-order valence-electron chi connectivity index (χ1n) is 9.96. The Balaban J connectivity index is 1.44. The van der Waals surface area contributed by atoms with Crippen molar-refractivity contribution < 1.29 is 9.63 Å². The Morgan fingerprint density at radius 1 is 0.926 bits per heavy atom. The smallest absolute Gasteiger partial charge is 0.258 e. The van der Waals surface area contributed by atoms with Gasteiger partial charge in [-0.15, -0.1) is 0 Å². The number of phenols is 1. The normalized spacial score (nSPS) is 19.9. The summed E-state index contributed by atoms with van der Waals surface area (Å²) in [6.45, 7) is 2.29. The van der Waals surface area contributed by atoms with Crippen molar-refractivity contribution in [1.82, 2.24) is 10.1 Å². The molecule has 0 amide bonds. The molecule has 0 aliphatic heterocycles. The number of benzene rings is 2. The van der Waals surface area contributed by atoms with Crippen LogP contribution < -0.4 is 0 Å². The lowest BCUT2D eigenvalue weighted by Crippen LogP contribution is -2.13. The van der Waals surface area contributed by atoms with Crippen molar-refractivity contribution in [2.75, 3.05) is 0 Å². The topological polar surface area (TPSA) is 59.2 Å². The predicted octanol–water partition coefficient (Wildman–Crippen LogP) is 6.18. The summed E-state index contributed by atoms with van der Waals surface area (Å²) in [5.41, 5.74) is 3.19. The Kier molecular flexibility index (Phi) is 5.23. The molecule has 0 unspecified atom stereocenters. The Morgan fingerprint density at radius 3 is 2.26 bits per heavy atom. The molecule has 0 saturated heterocycles. The van der Waals surface area contributed by atoms with Crippen molar-refractivity contribution in [1.29, 1.82) is 0 Å². The highest BCUT2D eigenvalue weighted by Crippen LogP contribution is 2.38. The number of aromatic hydroxyl groups is 1.